The minimum atomic E-state index is -0.829. The molecule has 3 rings (SSSR count). The molecule has 9 heteroatoms. The summed E-state index contributed by atoms with van der Waals surface area (Å²) in [6.07, 6.45) is 3.70. The van der Waals surface area contributed by atoms with Crippen LogP contribution in [-0.2, 0) is 24.2 Å². The summed E-state index contributed by atoms with van der Waals surface area (Å²) in [6, 6.07) is 2.98. The fourth-order valence-electron chi connectivity index (χ4n) is 3.34. The highest BCUT2D eigenvalue weighted by molar-refractivity contribution is 8.00. The third kappa shape index (κ3) is 5.42. The predicted octanol–water partition coefficient (Wildman–Crippen LogP) is 1.28. The van der Waals surface area contributed by atoms with E-state index in [2.05, 4.69) is 10.3 Å². The second-order valence-electron chi connectivity index (χ2n) is 7.40. The van der Waals surface area contributed by atoms with Crippen LogP contribution in [0.1, 0.15) is 24.1 Å². The Kier molecular flexibility index (Phi) is 7.02. The van der Waals surface area contributed by atoms with E-state index in [-0.39, 0.29) is 17.1 Å². The Hall–Kier alpha value is -2.26. The lowest BCUT2D eigenvalue weighted by Gasteiger charge is -2.23. The van der Waals surface area contributed by atoms with Gasteiger partial charge in [0.15, 0.2) is 0 Å². The Balaban J connectivity index is 1.74. The maximum Gasteiger partial charge on any atom is 0.349 e. The normalized spacial score (nSPS) is 13.4. The molecular weight excluding hydrogens is 398 g/mol. The van der Waals surface area contributed by atoms with Gasteiger partial charge in [0.25, 0.3) is 0 Å². The number of rotatable bonds is 7. The molecular formula is C20H25F2N4O2S+. The number of hydrogen-bond donors (Lipinski definition) is 2. The largest absolute Gasteiger partial charge is 0.349 e. The zero-order valence-electron chi connectivity index (χ0n) is 16.6. The Labute approximate surface area is 172 Å². The average Bonchev–Trinajstić information content (AvgIpc) is 2.67. The van der Waals surface area contributed by atoms with Gasteiger partial charge < -0.3 is 10.2 Å². The molecule has 0 fully saturated rings. The van der Waals surface area contributed by atoms with Gasteiger partial charge in [-0.15, -0.1) is 0 Å². The van der Waals surface area contributed by atoms with Crippen LogP contribution in [0.3, 0.4) is 0 Å². The van der Waals surface area contributed by atoms with Crippen molar-refractivity contribution in [3.8, 4) is 0 Å². The number of nitrogens with one attached hydrogen (secondary N) is 2. The van der Waals surface area contributed by atoms with Gasteiger partial charge >= 0.3 is 5.69 Å². The van der Waals surface area contributed by atoms with Crippen LogP contribution >= 0.6 is 11.8 Å². The number of carbonyl (C=O) groups is 1. The van der Waals surface area contributed by atoms with E-state index in [1.807, 2.05) is 14.1 Å². The van der Waals surface area contributed by atoms with Crippen LogP contribution in [0.2, 0.25) is 0 Å². The van der Waals surface area contributed by atoms with Crippen LogP contribution in [0.15, 0.2) is 28.0 Å². The van der Waals surface area contributed by atoms with Gasteiger partial charge in [0.05, 0.1) is 38.6 Å². The Morgan fingerprint density at radius 1 is 1.28 bits per heavy atom. The molecule has 156 valence electrons. The highest BCUT2D eigenvalue weighted by atomic mass is 32.2. The standard InChI is InChI=1S/C20H24F2N4O2S/c1-25(2)9-10-26-17-6-4-3-5-14(17)19(24-20(26)28)29-12-18(27)23-16-8-7-13(21)11-15(16)22/h7-8,11H,3-6,9-10,12H2,1-2H3,(H,23,27)/p+1. The number of carbonyl (C=O) groups excluding carboxylic acids is 1. The lowest BCUT2D eigenvalue weighted by molar-refractivity contribution is -0.859. The fourth-order valence-corrected chi connectivity index (χ4v) is 4.22. The molecule has 1 amide bonds. The number of aromatic nitrogens is 2. The molecule has 0 radical (unpaired) electrons. The first kappa shape index (κ1) is 21.4. The van der Waals surface area contributed by atoms with Gasteiger partial charge in [-0.05, 0) is 37.8 Å². The molecule has 0 saturated heterocycles. The van der Waals surface area contributed by atoms with Crippen molar-refractivity contribution in [3.05, 3.63) is 51.6 Å². The molecule has 0 aliphatic heterocycles. The Morgan fingerprint density at radius 3 is 2.76 bits per heavy atom. The lowest BCUT2D eigenvalue weighted by Crippen LogP contribution is -3.06. The van der Waals surface area contributed by atoms with E-state index in [1.54, 1.807) is 4.57 Å². The van der Waals surface area contributed by atoms with Crippen LogP contribution < -0.4 is 15.9 Å². The highest BCUT2D eigenvalue weighted by Gasteiger charge is 2.21. The fraction of sp³-hybridized carbons (Fsp3) is 0.450. The van der Waals surface area contributed by atoms with Crippen molar-refractivity contribution in [2.45, 2.75) is 37.3 Å². The quantitative estimate of drug-likeness (QED) is 0.520. The number of benzene rings is 1. The first-order valence-corrected chi connectivity index (χ1v) is 10.6. The predicted molar refractivity (Wildman–Crippen MR) is 109 cm³/mol. The molecule has 2 N–H and O–H groups in total. The van der Waals surface area contributed by atoms with Crippen LogP contribution in [0.4, 0.5) is 14.5 Å². The first-order chi connectivity index (χ1) is 13.8. The van der Waals surface area contributed by atoms with Gasteiger partial charge in [-0.3, -0.25) is 9.36 Å². The van der Waals surface area contributed by atoms with Crippen LogP contribution in [0.5, 0.6) is 0 Å². The molecule has 1 heterocycles. The number of thioether (sulfide) groups is 1. The van der Waals surface area contributed by atoms with E-state index in [0.717, 1.165) is 55.6 Å². The van der Waals surface area contributed by atoms with Crippen molar-refractivity contribution in [1.82, 2.24) is 9.55 Å². The van der Waals surface area contributed by atoms with Gasteiger partial charge in [0.1, 0.15) is 16.7 Å². The van der Waals surface area contributed by atoms with Gasteiger partial charge in [-0.2, -0.15) is 4.98 Å². The molecule has 2 aromatic rings. The number of anilines is 1. The SMILES string of the molecule is C[NH+](C)CCn1c2c(c(SCC(=O)Nc3ccc(F)cc3F)nc1=O)CCCC2. The second kappa shape index (κ2) is 9.49. The topological polar surface area (TPSA) is 68.4 Å². The van der Waals surface area contributed by atoms with Crippen molar-refractivity contribution in [1.29, 1.82) is 0 Å². The number of hydrogen-bond acceptors (Lipinski definition) is 4. The molecule has 0 spiro atoms. The monoisotopic (exact) mass is 423 g/mol. The lowest BCUT2D eigenvalue weighted by atomic mass is 9.97. The molecule has 1 aliphatic carbocycles. The van der Waals surface area contributed by atoms with Crippen molar-refractivity contribution < 1.29 is 18.5 Å². The Bertz CT molecular complexity index is 962. The minimum Gasteiger partial charge on any atom is -0.338 e. The summed E-state index contributed by atoms with van der Waals surface area (Å²) in [7, 11) is 4.08. The summed E-state index contributed by atoms with van der Waals surface area (Å²) in [5.74, 6) is -1.99. The minimum absolute atomic E-state index is 0.0123. The van der Waals surface area contributed by atoms with Crippen LogP contribution in [-0.4, -0.2) is 41.9 Å². The summed E-state index contributed by atoms with van der Waals surface area (Å²) >= 11 is 1.18. The van der Waals surface area contributed by atoms with Gasteiger partial charge in [0.2, 0.25) is 5.91 Å². The summed E-state index contributed by atoms with van der Waals surface area (Å²) < 4.78 is 28.5. The van der Waals surface area contributed by atoms with E-state index >= 15 is 0 Å². The first-order valence-electron chi connectivity index (χ1n) is 9.64. The number of amides is 1. The molecule has 1 aromatic carbocycles. The molecule has 0 atom stereocenters. The molecule has 1 aliphatic rings. The zero-order chi connectivity index (χ0) is 21.0. The van der Waals surface area contributed by atoms with Crippen molar-refractivity contribution >= 4 is 23.4 Å². The third-order valence-corrected chi connectivity index (χ3v) is 5.85. The molecule has 0 unspecified atom stereocenters. The number of fused-ring (bicyclic) bond motifs is 1. The van der Waals surface area contributed by atoms with Crippen LogP contribution in [0.25, 0.3) is 0 Å². The molecule has 1 aromatic heterocycles. The molecule has 29 heavy (non-hydrogen) atoms. The summed E-state index contributed by atoms with van der Waals surface area (Å²) in [5, 5.41) is 3.01. The van der Waals surface area contributed by atoms with E-state index < -0.39 is 17.5 Å². The van der Waals surface area contributed by atoms with E-state index in [9.17, 15) is 18.4 Å². The van der Waals surface area contributed by atoms with Gasteiger partial charge in [0, 0.05) is 17.3 Å². The summed E-state index contributed by atoms with van der Waals surface area (Å²) in [4.78, 5) is 30.3. The van der Waals surface area contributed by atoms with Crippen molar-refractivity contribution in [2.75, 3.05) is 31.7 Å². The number of quaternary nitrogens is 1. The molecule has 0 saturated carbocycles. The third-order valence-electron chi connectivity index (χ3n) is 4.83. The second-order valence-corrected chi connectivity index (χ2v) is 8.37. The average molecular weight is 424 g/mol. The summed E-state index contributed by atoms with van der Waals surface area (Å²) in [5.41, 5.74) is 1.69. The highest BCUT2D eigenvalue weighted by Crippen LogP contribution is 2.28. The Morgan fingerprint density at radius 2 is 2.03 bits per heavy atom. The zero-order valence-corrected chi connectivity index (χ0v) is 17.4. The maximum atomic E-state index is 13.7. The van der Waals surface area contributed by atoms with Crippen molar-refractivity contribution in [2.24, 2.45) is 0 Å². The van der Waals surface area contributed by atoms with Crippen LogP contribution in [0, 0.1) is 11.6 Å². The number of likely N-dealkylation sites (N-methyl/N-ethyl adjacent to an activating group) is 1. The van der Waals surface area contributed by atoms with E-state index in [1.165, 1.54) is 22.7 Å². The maximum absolute atomic E-state index is 13.7. The van der Waals surface area contributed by atoms with Gasteiger partial charge in [-0.25, -0.2) is 13.6 Å². The molecule has 6 nitrogen and oxygen atoms in total. The summed E-state index contributed by atoms with van der Waals surface area (Å²) in [6.45, 7) is 1.44. The smallest absolute Gasteiger partial charge is 0.338 e. The number of halogens is 2. The number of nitrogens with zero attached hydrogens (tertiary/aromatic N) is 2. The van der Waals surface area contributed by atoms with Crippen molar-refractivity contribution in [3.63, 3.8) is 0 Å². The van der Waals surface area contributed by atoms with Gasteiger partial charge in [-0.1, -0.05) is 11.8 Å². The van der Waals surface area contributed by atoms with E-state index in [4.69, 9.17) is 0 Å². The molecule has 0 bridgehead atoms. The van der Waals surface area contributed by atoms with E-state index in [0.29, 0.717) is 11.6 Å².